The molecule has 0 saturated carbocycles. The van der Waals surface area contributed by atoms with Gasteiger partial charge < -0.3 is 14.8 Å². The van der Waals surface area contributed by atoms with Crippen LogP contribution in [0, 0.1) is 0 Å². The predicted octanol–water partition coefficient (Wildman–Crippen LogP) is 3.76. The molecule has 0 fully saturated rings. The molecule has 0 spiro atoms. The van der Waals surface area contributed by atoms with E-state index in [-0.39, 0.29) is 6.10 Å². The molecule has 1 N–H and O–H groups in total. The van der Waals surface area contributed by atoms with E-state index >= 15 is 0 Å². The molecule has 0 amide bonds. The van der Waals surface area contributed by atoms with E-state index in [0.29, 0.717) is 0 Å². The molecule has 108 valence electrons. The van der Waals surface area contributed by atoms with Gasteiger partial charge in [0.05, 0.1) is 13.2 Å². The van der Waals surface area contributed by atoms with Crippen molar-refractivity contribution in [3.05, 3.63) is 23.8 Å². The Morgan fingerprint density at radius 2 is 1.95 bits per heavy atom. The van der Waals surface area contributed by atoms with Crippen LogP contribution in [0.2, 0.25) is 0 Å². The molecule has 1 atom stereocenters. The Labute approximate surface area is 117 Å². The standard InChI is InChI=1S/C16H27NO2/c1-5-7-13(3)19-16-11-14(12-17-10-6-2)8-9-15(16)18-4/h8-9,11,13,17H,5-7,10,12H2,1-4H3. The fourth-order valence-electron chi connectivity index (χ4n) is 2.01. The van der Waals surface area contributed by atoms with Gasteiger partial charge in [-0.15, -0.1) is 0 Å². The largest absolute Gasteiger partial charge is 0.493 e. The van der Waals surface area contributed by atoms with Gasteiger partial charge >= 0.3 is 0 Å². The first-order chi connectivity index (χ1) is 9.21. The average molecular weight is 265 g/mol. The van der Waals surface area contributed by atoms with E-state index in [9.17, 15) is 0 Å². The second-order valence-corrected chi connectivity index (χ2v) is 4.88. The quantitative estimate of drug-likeness (QED) is 0.690. The van der Waals surface area contributed by atoms with E-state index in [4.69, 9.17) is 9.47 Å². The van der Waals surface area contributed by atoms with Crippen LogP contribution in [-0.2, 0) is 6.54 Å². The van der Waals surface area contributed by atoms with Crippen molar-refractivity contribution < 1.29 is 9.47 Å². The highest BCUT2D eigenvalue weighted by molar-refractivity contribution is 5.43. The van der Waals surface area contributed by atoms with Crippen LogP contribution in [0.4, 0.5) is 0 Å². The number of hydrogen-bond acceptors (Lipinski definition) is 3. The number of rotatable bonds is 9. The van der Waals surface area contributed by atoms with Crippen molar-refractivity contribution in [2.45, 2.75) is 52.7 Å². The summed E-state index contributed by atoms with van der Waals surface area (Å²) in [5, 5.41) is 3.40. The Bertz CT molecular complexity index is 366. The smallest absolute Gasteiger partial charge is 0.161 e. The maximum atomic E-state index is 5.97. The third-order valence-electron chi connectivity index (χ3n) is 3.01. The number of ether oxygens (including phenoxy) is 2. The first kappa shape index (κ1) is 15.8. The van der Waals surface area contributed by atoms with E-state index in [2.05, 4.69) is 38.2 Å². The number of hydrogen-bond donors (Lipinski definition) is 1. The van der Waals surface area contributed by atoms with Crippen molar-refractivity contribution in [3.63, 3.8) is 0 Å². The molecular weight excluding hydrogens is 238 g/mol. The van der Waals surface area contributed by atoms with Crippen molar-refractivity contribution in [1.29, 1.82) is 0 Å². The second kappa shape index (κ2) is 8.81. The lowest BCUT2D eigenvalue weighted by molar-refractivity contribution is 0.200. The molecule has 0 aliphatic heterocycles. The fourth-order valence-corrected chi connectivity index (χ4v) is 2.01. The summed E-state index contributed by atoms with van der Waals surface area (Å²) >= 11 is 0. The van der Waals surface area contributed by atoms with Crippen LogP contribution in [0.15, 0.2) is 18.2 Å². The van der Waals surface area contributed by atoms with E-state index in [1.807, 2.05) is 6.07 Å². The van der Waals surface area contributed by atoms with Crippen LogP contribution < -0.4 is 14.8 Å². The lowest BCUT2D eigenvalue weighted by Gasteiger charge is -2.17. The van der Waals surface area contributed by atoms with E-state index in [1.54, 1.807) is 7.11 Å². The molecule has 1 unspecified atom stereocenters. The zero-order valence-electron chi connectivity index (χ0n) is 12.7. The molecule has 0 bridgehead atoms. The van der Waals surface area contributed by atoms with Gasteiger partial charge in [0.25, 0.3) is 0 Å². The normalized spacial score (nSPS) is 12.2. The van der Waals surface area contributed by atoms with Gasteiger partial charge in [-0.25, -0.2) is 0 Å². The third-order valence-corrected chi connectivity index (χ3v) is 3.01. The van der Waals surface area contributed by atoms with Gasteiger partial charge in [-0.1, -0.05) is 26.3 Å². The summed E-state index contributed by atoms with van der Waals surface area (Å²) in [6.45, 7) is 8.35. The van der Waals surface area contributed by atoms with Crippen molar-refractivity contribution in [2.75, 3.05) is 13.7 Å². The Balaban J connectivity index is 2.71. The summed E-state index contributed by atoms with van der Waals surface area (Å²) in [4.78, 5) is 0. The molecule has 3 nitrogen and oxygen atoms in total. The topological polar surface area (TPSA) is 30.5 Å². The average Bonchev–Trinajstić information content (AvgIpc) is 2.39. The van der Waals surface area contributed by atoms with Gasteiger partial charge in [-0.2, -0.15) is 0 Å². The van der Waals surface area contributed by atoms with Crippen LogP contribution in [0.5, 0.6) is 11.5 Å². The summed E-state index contributed by atoms with van der Waals surface area (Å²) in [5.41, 5.74) is 1.23. The van der Waals surface area contributed by atoms with Gasteiger partial charge in [-0.3, -0.25) is 0 Å². The van der Waals surface area contributed by atoms with Crippen molar-refractivity contribution >= 4 is 0 Å². The minimum absolute atomic E-state index is 0.220. The second-order valence-electron chi connectivity index (χ2n) is 4.88. The molecule has 1 rings (SSSR count). The first-order valence-corrected chi connectivity index (χ1v) is 7.25. The van der Waals surface area contributed by atoms with Gasteiger partial charge in [-0.05, 0) is 44.0 Å². The summed E-state index contributed by atoms with van der Waals surface area (Å²) in [5.74, 6) is 1.65. The van der Waals surface area contributed by atoms with E-state index in [0.717, 1.165) is 43.9 Å². The molecule has 0 aromatic heterocycles. The summed E-state index contributed by atoms with van der Waals surface area (Å²) in [7, 11) is 1.68. The number of nitrogens with one attached hydrogen (secondary N) is 1. The zero-order valence-corrected chi connectivity index (χ0v) is 12.7. The summed E-state index contributed by atoms with van der Waals surface area (Å²) in [6.07, 6.45) is 3.55. The molecule has 3 heteroatoms. The maximum absolute atomic E-state index is 5.97. The Hall–Kier alpha value is -1.22. The van der Waals surface area contributed by atoms with Crippen LogP contribution in [0.1, 0.15) is 45.6 Å². The molecule has 19 heavy (non-hydrogen) atoms. The molecule has 0 aliphatic rings. The van der Waals surface area contributed by atoms with E-state index in [1.165, 1.54) is 5.56 Å². The van der Waals surface area contributed by atoms with Crippen LogP contribution in [0.3, 0.4) is 0 Å². The van der Waals surface area contributed by atoms with Crippen molar-refractivity contribution in [1.82, 2.24) is 5.32 Å². The molecule has 1 aromatic carbocycles. The Kier molecular flexibility index (Phi) is 7.34. The van der Waals surface area contributed by atoms with Crippen LogP contribution >= 0.6 is 0 Å². The third kappa shape index (κ3) is 5.52. The lowest BCUT2D eigenvalue weighted by Crippen LogP contribution is -2.15. The van der Waals surface area contributed by atoms with Gasteiger partial charge in [0.1, 0.15) is 0 Å². The predicted molar refractivity (Wildman–Crippen MR) is 80.0 cm³/mol. The van der Waals surface area contributed by atoms with Gasteiger partial charge in [0.2, 0.25) is 0 Å². The highest BCUT2D eigenvalue weighted by Crippen LogP contribution is 2.29. The van der Waals surface area contributed by atoms with Crippen molar-refractivity contribution in [2.24, 2.45) is 0 Å². The molecular formula is C16H27NO2. The van der Waals surface area contributed by atoms with Gasteiger partial charge in [0.15, 0.2) is 11.5 Å². The fraction of sp³-hybridized carbons (Fsp3) is 0.625. The molecule has 0 radical (unpaired) electrons. The molecule has 0 heterocycles. The maximum Gasteiger partial charge on any atom is 0.161 e. The van der Waals surface area contributed by atoms with E-state index < -0.39 is 0 Å². The van der Waals surface area contributed by atoms with Gasteiger partial charge in [0, 0.05) is 6.54 Å². The number of methoxy groups -OCH3 is 1. The molecule has 0 aliphatic carbocycles. The minimum atomic E-state index is 0.220. The monoisotopic (exact) mass is 265 g/mol. The Morgan fingerprint density at radius 3 is 2.58 bits per heavy atom. The van der Waals surface area contributed by atoms with Crippen LogP contribution in [-0.4, -0.2) is 19.8 Å². The number of benzene rings is 1. The zero-order chi connectivity index (χ0) is 14.1. The summed E-state index contributed by atoms with van der Waals surface area (Å²) in [6, 6.07) is 6.14. The van der Waals surface area contributed by atoms with Crippen molar-refractivity contribution in [3.8, 4) is 11.5 Å². The van der Waals surface area contributed by atoms with Crippen LogP contribution in [0.25, 0.3) is 0 Å². The highest BCUT2D eigenvalue weighted by Gasteiger charge is 2.09. The Morgan fingerprint density at radius 1 is 1.16 bits per heavy atom. The summed E-state index contributed by atoms with van der Waals surface area (Å²) < 4.78 is 11.3. The molecule has 1 aromatic rings. The molecule has 0 saturated heterocycles. The SMILES string of the molecule is CCCNCc1ccc(OC)c(OC(C)CCC)c1. The highest BCUT2D eigenvalue weighted by atomic mass is 16.5. The first-order valence-electron chi connectivity index (χ1n) is 7.25. The minimum Gasteiger partial charge on any atom is -0.493 e. The lowest BCUT2D eigenvalue weighted by atomic mass is 10.2.